The standard InChI is InChI=1S/C11H14N2O5/c1-6(2)10(14)16-3-4-17-11(15)9-7(12)5-8(13)18-9/h5H,1,3-4,12-13H2,2H3. The number of nitrogens with two attached hydrogens (primary N) is 2. The molecule has 7 nitrogen and oxygen atoms in total. The molecule has 0 spiro atoms. The minimum atomic E-state index is -0.768. The molecule has 1 rings (SSSR count). The number of hydrogen-bond donors (Lipinski definition) is 2. The monoisotopic (exact) mass is 254 g/mol. The number of ether oxygens (including phenoxy) is 2. The van der Waals surface area contributed by atoms with Crippen molar-refractivity contribution in [2.45, 2.75) is 6.92 Å². The van der Waals surface area contributed by atoms with Crippen LogP contribution in [0.3, 0.4) is 0 Å². The lowest BCUT2D eigenvalue weighted by Crippen LogP contribution is -2.14. The number of esters is 2. The molecule has 0 aliphatic heterocycles. The first kappa shape index (κ1) is 13.6. The number of hydrogen-bond acceptors (Lipinski definition) is 7. The van der Waals surface area contributed by atoms with Gasteiger partial charge in [-0.3, -0.25) is 0 Å². The Hall–Kier alpha value is -2.44. The van der Waals surface area contributed by atoms with Crippen LogP contribution in [0.2, 0.25) is 0 Å². The van der Waals surface area contributed by atoms with Crippen molar-refractivity contribution in [3.05, 3.63) is 24.0 Å². The van der Waals surface area contributed by atoms with Crippen molar-refractivity contribution < 1.29 is 23.5 Å². The average molecular weight is 254 g/mol. The van der Waals surface area contributed by atoms with E-state index in [4.69, 9.17) is 25.4 Å². The highest BCUT2D eigenvalue weighted by Crippen LogP contribution is 2.19. The van der Waals surface area contributed by atoms with E-state index >= 15 is 0 Å². The summed E-state index contributed by atoms with van der Waals surface area (Å²) in [7, 11) is 0. The molecule has 0 saturated heterocycles. The van der Waals surface area contributed by atoms with E-state index in [9.17, 15) is 9.59 Å². The van der Waals surface area contributed by atoms with E-state index in [1.165, 1.54) is 13.0 Å². The minimum absolute atomic E-state index is 0.0214. The molecule has 0 unspecified atom stereocenters. The SMILES string of the molecule is C=C(C)C(=O)OCCOC(=O)c1oc(N)cc1N. The first-order valence-corrected chi connectivity index (χ1v) is 5.06. The maximum absolute atomic E-state index is 11.4. The largest absolute Gasteiger partial charge is 0.459 e. The number of nitrogen functional groups attached to an aromatic ring is 2. The van der Waals surface area contributed by atoms with Crippen molar-refractivity contribution in [2.75, 3.05) is 24.7 Å². The molecule has 0 amide bonds. The van der Waals surface area contributed by atoms with Gasteiger partial charge in [-0.05, 0) is 6.92 Å². The summed E-state index contributed by atoms with van der Waals surface area (Å²) in [5, 5.41) is 0. The van der Waals surface area contributed by atoms with Gasteiger partial charge >= 0.3 is 11.9 Å². The zero-order chi connectivity index (χ0) is 13.7. The molecule has 0 aliphatic carbocycles. The Morgan fingerprint density at radius 2 is 1.94 bits per heavy atom. The maximum atomic E-state index is 11.4. The molecule has 7 heteroatoms. The van der Waals surface area contributed by atoms with E-state index in [-0.39, 0.29) is 36.1 Å². The first-order chi connectivity index (χ1) is 8.41. The van der Waals surface area contributed by atoms with E-state index in [1.807, 2.05) is 0 Å². The molecule has 0 saturated carbocycles. The Labute approximate surface area is 103 Å². The van der Waals surface area contributed by atoms with Gasteiger partial charge in [0.1, 0.15) is 13.2 Å². The fraction of sp³-hybridized carbons (Fsp3) is 0.273. The Bertz CT molecular complexity index is 478. The van der Waals surface area contributed by atoms with E-state index in [2.05, 4.69) is 6.58 Å². The van der Waals surface area contributed by atoms with Gasteiger partial charge in [0.05, 0.1) is 5.69 Å². The van der Waals surface area contributed by atoms with Crippen LogP contribution in [0.1, 0.15) is 17.5 Å². The van der Waals surface area contributed by atoms with Crippen LogP contribution in [0.5, 0.6) is 0 Å². The molecular formula is C11H14N2O5. The number of rotatable bonds is 5. The van der Waals surface area contributed by atoms with E-state index < -0.39 is 11.9 Å². The predicted molar refractivity (Wildman–Crippen MR) is 63.6 cm³/mol. The molecule has 0 aliphatic rings. The van der Waals surface area contributed by atoms with Gasteiger partial charge in [0.15, 0.2) is 5.88 Å². The lowest BCUT2D eigenvalue weighted by molar-refractivity contribution is -0.140. The summed E-state index contributed by atoms with van der Waals surface area (Å²) >= 11 is 0. The smallest absolute Gasteiger partial charge is 0.376 e. The van der Waals surface area contributed by atoms with Crippen LogP contribution >= 0.6 is 0 Å². The van der Waals surface area contributed by atoms with Gasteiger partial charge in [-0.1, -0.05) is 6.58 Å². The highest BCUT2D eigenvalue weighted by Gasteiger charge is 2.17. The van der Waals surface area contributed by atoms with Gasteiger partial charge < -0.3 is 25.4 Å². The molecule has 0 radical (unpaired) electrons. The van der Waals surface area contributed by atoms with Gasteiger partial charge in [-0.2, -0.15) is 0 Å². The minimum Gasteiger partial charge on any atom is -0.459 e. The summed E-state index contributed by atoms with van der Waals surface area (Å²) in [6.07, 6.45) is 0. The van der Waals surface area contributed by atoms with Crippen molar-refractivity contribution in [3.63, 3.8) is 0 Å². The lowest BCUT2D eigenvalue weighted by atomic mass is 10.4. The number of carbonyl (C=O) groups excluding carboxylic acids is 2. The second kappa shape index (κ2) is 5.76. The fourth-order valence-corrected chi connectivity index (χ4v) is 1.04. The lowest BCUT2D eigenvalue weighted by Gasteiger charge is -2.05. The molecule has 18 heavy (non-hydrogen) atoms. The van der Waals surface area contributed by atoms with Crippen LogP contribution in [0.15, 0.2) is 22.6 Å². The molecule has 98 valence electrons. The summed E-state index contributed by atoms with van der Waals surface area (Å²) in [4.78, 5) is 22.4. The molecule has 0 bridgehead atoms. The third kappa shape index (κ3) is 3.55. The second-order valence-corrected chi connectivity index (χ2v) is 3.49. The topological polar surface area (TPSA) is 118 Å². The van der Waals surface area contributed by atoms with Crippen LogP contribution in [0.25, 0.3) is 0 Å². The van der Waals surface area contributed by atoms with Crippen LogP contribution in [-0.4, -0.2) is 25.2 Å². The van der Waals surface area contributed by atoms with Crippen molar-refractivity contribution in [3.8, 4) is 0 Å². The second-order valence-electron chi connectivity index (χ2n) is 3.49. The molecule has 1 heterocycles. The third-order valence-corrected chi connectivity index (χ3v) is 1.86. The Balaban J connectivity index is 2.36. The van der Waals surface area contributed by atoms with Crippen molar-refractivity contribution in [2.24, 2.45) is 0 Å². The third-order valence-electron chi connectivity index (χ3n) is 1.86. The molecular weight excluding hydrogens is 240 g/mol. The fourth-order valence-electron chi connectivity index (χ4n) is 1.04. The molecule has 0 aromatic carbocycles. The van der Waals surface area contributed by atoms with Gasteiger partial charge in [0.2, 0.25) is 5.76 Å². The number of furan rings is 1. The van der Waals surface area contributed by atoms with Crippen LogP contribution in [0, 0.1) is 0 Å². The Morgan fingerprint density at radius 3 is 2.44 bits per heavy atom. The van der Waals surface area contributed by atoms with E-state index in [0.717, 1.165) is 0 Å². The average Bonchev–Trinajstić information content (AvgIpc) is 2.63. The zero-order valence-electron chi connectivity index (χ0n) is 9.89. The van der Waals surface area contributed by atoms with Crippen molar-refractivity contribution in [1.82, 2.24) is 0 Å². The van der Waals surface area contributed by atoms with E-state index in [1.54, 1.807) is 0 Å². The molecule has 0 atom stereocenters. The normalized spacial score (nSPS) is 9.83. The summed E-state index contributed by atoms with van der Waals surface area (Å²) in [6.45, 7) is 4.73. The number of anilines is 2. The van der Waals surface area contributed by atoms with Gasteiger partial charge in [-0.25, -0.2) is 9.59 Å². The van der Waals surface area contributed by atoms with Crippen molar-refractivity contribution >= 4 is 23.5 Å². The van der Waals surface area contributed by atoms with Crippen LogP contribution in [-0.2, 0) is 14.3 Å². The zero-order valence-corrected chi connectivity index (χ0v) is 9.89. The first-order valence-electron chi connectivity index (χ1n) is 5.06. The Kier molecular flexibility index (Phi) is 4.36. The Morgan fingerprint density at radius 1 is 1.33 bits per heavy atom. The van der Waals surface area contributed by atoms with Crippen molar-refractivity contribution in [1.29, 1.82) is 0 Å². The van der Waals surface area contributed by atoms with Gasteiger partial charge in [0, 0.05) is 11.6 Å². The number of carbonyl (C=O) groups is 2. The summed E-state index contributed by atoms with van der Waals surface area (Å²) in [5.41, 5.74) is 11.1. The van der Waals surface area contributed by atoms with E-state index in [0.29, 0.717) is 0 Å². The molecule has 4 N–H and O–H groups in total. The summed E-state index contributed by atoms with van der Waals surface area (Å²) < 4.78 is 14.3. The van der Waals surface area contributed by atoms with Gasteiger partial charge in [0.25, 0.3) is 0 Å². The highest BCUT2D eigenvalue weighted by atomic mass is 16.6. The summed E-state index contributed by atoms with van der Waals surface area (Å²) in [6, 6.07) is 1.30. The predicted octanol–water partition coefficient (Wildman–Crippen LogP) is 0.720. The maximum Gasteiger partial charge on any atom is 0.376 e. The van der Waals surface area contributed by atoms with Crippen LogP contribution in [0.4, 0.5) is 11.6 Å². The molecule has 1 aromatic rings. The highest BCUT2D eigenvalue weighted by molar-refractivity contribution is 5.92. The molecule has 0 fully saturated rings. The summed E-state index contributed by atoms with van der Waals surface area (Å²) in [5.74, 6) is -1.46. The molecule has 1 aromatic heterocycles. The van der Waals surface area contributed by atoms with Crippen LogP contribution < -0.4 is 11.5 Å². The quantitative estimate of drug-likeness (QED) is 0.451. The van der Waals surface area contributed by atoms with Gasteiger partial charge in [-0.15, -0.1) is 0 Å².